The summed E-state index contributed by atoms with van der Waals surface area (Å²) >= 11 is 0. The van der Waals surface area contributed by atoms with Gasteiger partial charge in [-0.1, -0.05) is 146 Å². The fraction of sp³-hybridized carbons (Fsp3) is 0.0182. The quantitative estimate of drug-likeness (QED) is 0.180. The molecule has 2 aliphatic rings. The molecule has 0 atom stereocenters. The summed E-state index contributed by atoms with van der Waals surface area (Å²) < 4.78 is 12.8. The van der Waals surface area contributed by atoms with Gasteiger partial charge < -0.3 is 13.7 Å². The summed E-state index contributed by atoms with van der Waals surface area (Å²) in [5.41, 5.74) is 19.0. The summed E-state index contributed by atoms with van der Waals surface area (Å²) in [5.74, 6) is 0. The molecule has 9 aromatic carbocycles. The van der Waals surface area contributed by atoms with Crippen molar-refractivity contribution in [2.45, 2.75) is 5.41 Å². The van der Waals surface area contributed by atoms with Gasteiger partial charge >= 0.3 is 0 Å². The number of anilines is 3. The van der Waals surface area contributed by atoms with Crippen molar-refractivity contribution >= 4 is 60.9 Å². The van der Waals surface area contributed by atoms with Crippen molar-refractivity contribution in [1.29, 1.82) is 0 Å². The molecule has 2 aliphatic carbocycles. The first-order chi connectivity index (χ1) is 28.8. The van der Waals surface area contributed by atoms with Crippen LogP contribution >= 0.6 is 0 Å². The van der Waals surface area contributed by atoms with E-state index in [1.165, 1.54) is 44.5 Å². The Hall–Kier alpha value is -7.62. The van der Waals surface area contributed by atoms with Crippen LogP contribution in [0.3, 0.4) is 0 Å². The largest absolute Gasteiger partial charge is 0.456 e. The molecule has 0 radical (unpaired) electrons. The Labute approximate surface area is 334 Å². The lowest BCUT2D eigenvalue weighted by Gasteiger charge is -2.31. The van der Waals surface area contributed by atoms with Gasteiger partial charge in [-0.05, 0) is 105 Å². The van der Waals surface area contributed by atoms with E-state index in [1.54, 1.807) is 0 Å². The molecule has 0 N–H and O–H groups in total. The highest BCUT2D eigenvalue weighted by atomic mass is 16.3. The molecule has 13 rings (SSSR count). The Balaban J connectivity index is 1.09. The first-order valence-electron chi connectivity index (χ1n) is 19.9. The Bertz CT molecular complexity index is 3450. The maximum Gasteiger partial charge on any atom is 0.136 e. The molecule has 0 saturated heterocycles. The van der Waals surface area contributed by atoms with Gasteiger partial charge in [0.15, 0.2) is 0 Å². The minimum atomic E-state index is -0.410. The SMILES string of the molecule is c1ccc(N(c2ccc3c(c2)-c2ccccc2C32c3ccccc3-c3ccccc32)c2ccc3oc4ccccc4c3c2)c(-c2cccc3oc4ccccc4c23)c1. The molecular formula is C55H33NO2. The molecule has 0 bridgehead atoms. The van der Waals surface area contributed by atoms with Gasteiger partial charge in [0.05, 0.1) is 11.1 Å². The van der Waals surface area contributed by atoms with Crippen LogP contribution in [0.4, 0.5) is 17.1 Å². The van der Waals surface area contributed by atoms with Crippen molar-refractivity contribution in [2.24, 2.45) is 0 Å². The van der Waals surface area contributed by atoms with Crippen molar-refractivity contribution in [1.82, 2.24) is 0 Å². The molecule has 270 valence electrons. The van der Waals surface area contributed by atoms with Crippen LogP contribution in [0.1, 0.15) is 22.3 Å². The van der Waals surface area contributed by atoms with E-state index in [9.17, 15) is 0 Å². The van der Waals surface area contributed by atoms with E-state index in [-0.39, 0.29) is 0 Å². The molecule has 0 saturated carbocycles. The average Bonchev–Trinajstić information content (AvgIpc) is 4.02. The van der Waals surface area contributed by atoms with Crippen LogP contribution in [-0.2, 0) is 5.41 Å². The third-order valence-electron chi connectivity index (χ3n) is 12.7. The van der Waals surface area contributed by atoms with Gasteiger partial charge in [-0.15, -0.1) is 0 Å². The van der Waals surface area contributed by atoms with Gasteiger partial charge in [-0.2, -0.15) is 0 Å². The minimum Gasteiger partial charge on any atom is -0.456 e. The molecule has 0 aliphatic heterocycles. The van der Waals surface area contributed by atoms with Gasteiger partial charge in [0, 0.05) is 38.5 Å². The Morgan fingerprint density at radius 3 is 1.53 bits per heavy atom. The second kappa shape index (κ2) is 11.7. The Morgan fingerprint density at radius 2 is 0.793 bits per heavy atom. The fourth-order valence-corrected chi connectivity index (χ4v) is 10.4. The first-order valence-corrected chi connectivity index (χ1v) is 19.9. The fourth-order valence-electron chi connectivity index (χ4n) is 10.4. The summed E-state index contributed by atoms with van der Waals surface area (Å²) in [6, 6.07) is 72.6. The Morgan fingerprint density at radius 1 is 0.310 bits per heavy atom. The molecule has 0 unspecified atom stereocenters. The second-order valence-corrected chi connectivity index (χ2v) is 15.5. The van der Waals surface area contributed by atoms with Gasteiger partial charge in [0.1, 0.15) is 22.3 Å². The average molecular weight is 740 g/mol. The number of benzene rings is 9. The monoisotopic (exact) mass is 739 g/mol. The zero-order valence-electron chi connectivity index (χ0n) is 31.3. The normalized spacial score (nSPS) is 13.3. The summed E-state index contributed by atoms with van der Waals surface area (Å²) in [4.78, 5) is 2.43. The summed E-state index contributed by atoms with van der Waals surface area (Å²) in [7, 11) is 0. The summed E-state index contributed by atoms with van der Waals surface area (Å²) in [5, 5.41) is 4.41. The van der Waals surface area contributed by atoms with E-state index >= 15 is 0 Å². The molecule has 2 aromatic heterocycles. The summed E-state index contributed by atoms with van der Waals surface area (Å²) in [6.07, 6.45) is 0. The van der Waals surface area contributed by atoms with Crippen LogP contribution in [0.5, 0.6) is 0 Å². The highest BCUT2D eigenvalue weighted by molar-refractivity contribution is 6.14. The highest BCUT2D eigenvalue weighted by Gasteiger charge is 2.51. The van der Waals surface area contributed by atoms with E-state index in [4.69, 9.17) is 8.83 Å². The van der Waals surface area contributed by atoms with Gasteiger partial charge in [0.2, 0.25) is 0 Å². The van der Waals surface area contributed by atoms with Gasteiger partial charge in [-0.3, -0.25) is 0 Å². The number of para-hydroxylation sites is 3. The lowest BCUT2D eigenvalue weighted by atomic mass is 9.70. The van der Waals surface area contributed by atoms with Crippen LogP contribution in [-0.4, -0.2) is 0 Å². The number of hydrogen-bond acceptors (Lipinski definition) is 3. The molecule has 1 spiro atoms. The number of furan rings is 2. The zero-order valence-corrected chi connectivity index (χ0v) is 31.3. The van der Waals surface area contributed by atoms with Crippen LogP contribution in [0.25, 0.3) is 77.3 Å². The second-order valence-electron chi connectivity index (χ2n) is 15.5. The number of hydrogen-bond donors (Lipinski definition) is 0. The first kappa shape index (κ1) is 31.6. The maximum absolute atomic E-state index is 6.42. The molecule has 2 heterocycles. The van der Waals surface area contributed by atoms with Gasteiger partial charge in [-0.25, -0.2) is 0 Å². The highest BCUT2D eigenvalue weighted by Crippen LogP contribution is 2.63. The molecule has 0 amide bonds. The topological polar surface area (TPSA) is 29.5 Å². The van der Waals surface area contributed by atoms with E-state index in [1.807, 2.05) is 18.2 Å². The smallest absolute Gasteiger partial charge is 0.136 e. The van der Waals surface area contributed by atoms with E-state index in [0.29, 0.717) is 0 Å². The minimum absolute atomic E-state index is 0.410. The van der Waals surface area contributed by atoms with E-state index < -0.39 is 5.41 Å². The van der Waals surface area contributed by atoms with Crippen molar-refractivity contribution in [3.05, 3.63) is 222 Å². The molecular weight excluding hydrogens is 707 g/mol. The zero-order chi connectivity index (χ0) is 38.0. The van der Waals surface area contributed by atoms with Crippen LogP contribution in [0.2, 0.25) is 0 Å². The van der Waals surface area contributed by atoms with Crippen molar-refractivity contribution in [2.75, 3.05) is 4.90 Å². The van der Waals surface area contributed by atoms with E-state index in [0.717, 1.165) is 72.1 Å². The molecule has 3 heteroatoms. The Kier molecular flexibility index (Phi) is 6.37. The van der Waals surface area contributed by atoms with Crippen LogP contribution in [0.15, 0.2) is 209 Å². The lowest BCUT2D eigenvalue weighted by molar-refractivity contribution is 0.668. The van der Waals surface area contributed by atoms with Crippen molar-refractivity contribution in [3.8, 4) is 33.4 Å². The lowest BCUT2D eigenvalue weighted by Crippen LogP contribution is -2.25. The van der Waals surface area contributed by atoms with Crippen LogP contribution < -0.4 is 4.90 Å². The van der Waals surface area contributed by atoms with Crippen molar-refractivity contribution in [3.63, 3.8) is 0 Å². The van der Waals surface area contributed by atoms with Gasteiger partial charge in [0.25, 0.3) is 0 Å². The third-order valence-corrected chi connectivity index (χ3v) is 12.7. The molecule has 58 heavy (non-hydrogen) atoms. The van der Waals surface area contributed by atoms with Crippen molar-refractivity contribution < 1.29 is 8.83 Å². The standard InChI is InChI=1S/C55H33NO2/c1-7-21-45-36(14-1)37-15-2-8-22-46(37)55(45)47-23-9-3-16-38(47)43-32-34(28-30-48(43)55)56(35-29-31-52-44(33-35)40-18-5-11-25-50(40)57-52)49-24-10-4-17-39(49)41-20-13-27-53-54(41)42-19-6-12-26-51(42)58-53/h1-33H. The molecule has 3 nitrogen and oxygen atoms in total. The number of rotatable bonds is 4. The number of fused-ring (bicyclic) bond motifs is 16. The molecule has 11 aromatic rings. The van der Waals surface area contributed by atoms with E-state index in [2.05, 4.69) is 187 Å². The third kappa shape index (κ3) is 4.12. The predicted octanol–water partition coefficient (Wildman–Crippen LogP) is 15.0. The summed E-state index contributed by atoms with van der Waals surface area (Å²) in [6.45, 7) is 0. The van der Waals surface area contributed by atoms with Crippen LogP contribution in [0, 0.1) is 0 Å². The maximum atomic E-state index is 6.42. The number of nitrogens with zero attached hydrogens (tertiary/aromatic N) is 1. The molecule has 0 fully saturated rings. The predicted molar refractivity (Wildman–Crippen MR) is 237 cm³/mol.